The van der Waals surface area contributed by atoms with Crippen molar-refractivity contribution in [2.24, 2.45) is 0 Å². The third-order valence-corrected chi connectivity index (χ3v) is 4.26. The molecule has 2 rings (SSSR count). The Hall–Kier alpha value is -2.08. The lowest BCUT2D eigenvalue weighted by atomic mass is 9.73. The number of amides is 2. The summed E-state index contributed by atoms with van der Waals surface area (Å²) in [5.41, 5.74) is 0.759. The van der Waals surface area contributed by atoms with Gasteiger partial charge in [-0.05, 0) is 25.8 Å². The largest absolute Gasteiger partial charge is 0.496 e. The van der Waals surface area contributed by atoms with E-state index < -0.39 is 11.8 Å². The quantitative estimate of drug-likeness (QED) is 0.794. The maximum atomic E-state index is 11.9. The van der Waals surface area contributed by atoms with Gasteiger partial charge in [-0.2, -0.15) is 0 Å². The molecule has 23 heavy (non-hydrogen) atoms. The molecule has 0 radical (unpaired) electrons. The highest BCUT2D eigenvalue weighted by atomic mass is 16.5. The van der Waals surface area contributed by atoms with E-state index in [4.69, 9.17) is 9.47 Å². The van der Waals surface area contributed by atoms with Gasteiger partial charge in [0.15, 0.2) is 0 Å². The molecular formula is C17H24N2O4. The highest BCUT2D eigenvalue weighted by molar-refractivity contribution is 6.35. The van der Waals surface area contributed by atoms with E-state index in [0.29, 0.717) is 26.3 Å². The molecule has 0 saturated carbocycles. The average molecular weight is 320 g/mol. The highest BCUT2D eigenvalue weighted by Gasteiger charge is 2.37. The fraction of sp³-hybridized carbons (Fsp3) is 0.529. The first-order valence-electron chi connectivity index (χ1n) is 7.90. The number of hydrogen-bond acceptors (Lipinski definition) is 4. The Morgan fingerprint density at radius 1 is 1.17 bits per heavy atom. The number of carbonyl (C=O) groups is 2. The minimum atomic E-state index is -0.604. The molecule has 2 N–H and O–H groups in total. The van der Waals surface area contributed by atoms with E-state index in [-0.39, 0.29) is 5.41 Å². The summed E-state index contributed by atoms with van der Waals surface area (Å²) < 4.78 is 11.0. The molecule has 1 aliphatic rings. The first-order chi connectivity index (χ1) is 11.1. The summed E-state index contributed by atoms with van der Waals surface area (Å²) in [6.45, 7) is 3.83. The molecule has 1 aliphatic heterocycles. The van der Waals surface area contributed by atoms with E-state index in [0.717, 1.165) is 24.2 Å². The van der Waals surface area contributed by atoms with E-state index in [1.165, 1.54) is 0 Å². The predicted molar refractivity (Wildman–Crippen MR) is 86.4 cm³/mol. The van der Waals surface area contributed by atoms with Gasteiger partial charge in [-0.25, -0.2) is 0 Å². The molecule has 0 spiro atoms. The van der Waals surface area contributed by atoms with Gasteiger partial charge < -0.3 is 20.1 Å². The van der Waals surface area contributed by atoms with Crippen LogP contribution in [0, 0.1) is 0 Å². The van der Waals surface area contributed by atoms with Crippen LogP contribution in [0.1, 0.15) is 25.3 Å². The zero-order valence-corrected chi connectivity index (χ0v) is 13.7. The average Bonchev–Trinajstić information content (AvgIpc) is 2.60. The second kappa shape index (κ2) is 7.97. The van der Waals surface area contributed by atoms with Crippen molar-refractivity contribution in [2.75, 3.05) is 33.4 Å². The van der Waals surface area contributed by atoms with Gasteiger partial charge in [0.25, 0.3) is 0 Å². The molecule has 2 amide bonds. The molecule has 1 aromatic carbocycles. The maximum Gasteiger partial charge on any atom is 0.309 e. The van der Waals surface area contributed by atoms with Gasteiger partial charge in [-0.15, -0.1) is 0 Å². The zero-order chi connectivity index (χ0) is 16.7. The fourth-order valence-electron chi connectivity index (χ4n) is 2.96. The number of likely N-dealkylation sites (N-methyl/N-ethyl adjacent to an activating group) is 1. The third-order valence-electron chi connectivity index (χ3n) is 4.26. The van der Waals surface area contributed by atoms with Crippen molar-refractivity contribution in [1.82, 2.24) is 10.6 Å². The number of benzene rings is 1. The Morgan fingerprint density at radius 3 is 2.48 bits per heavy atom. The Labute approximate surface area is 136 Å². The smallest absolute Gasteiger partial charge is 0.309 e. The number of nitrogens with one attached hydrogen (secondary N) is 2. The van der Waals surface area contributed by atoms with Crippen molar-refractivity contribution in [1.29, 1.82) is 0 Å². The summed E-state index contributed by atoms with van der Waals surface area (Å²) in [6, 6.07) is 7.81. The van der Waals surface area contributed by atoms with E-state index in [9.17, 15) is 9.59 Å². The Kier molecular flexibility index (Phi) is 5.98. The molecule has 0 aliphatic carbocycles. The van der Waals surface area contributed by atoms with Crippen LogP contribution >= 0.6 is 0 Å². The van der Waals surface area contributed by atoms with E-state index in [1.807, 2.05) is 24.3 Å². The second-order valence-corrected chi connectivity index (χ2v) is 5.64. The van der Waals surface area contributed by atoms with Crippen molar-refractivity contribution in [3.05, 3.63) is 29.8 Å². The number of methoxy groups -OCH3 is 1. The molecule has 1 fully saturated rings. The molecule has 126 valence electrons. The first kappa shape index (κ1) is 17.3. The van der Waals surface area contributed by atoms with Crippen LogP contribution in [0.2, 0.25) is 0 Å². The number of carbonyl (C=O) groups excluding carboxylic acids is 2. The number of ether oxygens (including phenoxy) is 2. The van der Waals surface area contributed by atoms with E-state index >= 15 is 0 Å². The van der Waals surface area contributed by atoms with Gasteiger partial charge in [0.05, 0.1) is 7.11 Å². The van der Waals surface area contributed by atoms with E-state index in [2.05, 4.69) is 10.6 Å². The summed E-state index contributed by atoms with van der Waals surface area (Å²) in [5.74, 6) is -0.413. The van der Waals surface area contributed by atoms with Gasteiger partial charge in [0.2, 0.25) is 0 Å². The lowest BCUT2D eigenvalue weighted by molar-refractivity contribution is -0.139. The van der Waals surface area contributed by atoms with Crippen LogP contribution in [-0.2, 0) is 19.7 Å². The molecule has 1 saturated heterocycles. The van der Waals surface area contributed by atoms with Crippen molar-refractivity contribution < 1.29 is 19.1 Å². The molecule has 1 aromatic rings. The first-order valence-corrected chi connectivity index (χ1v) is 7.90. The molecule has 0 unspecified atom stereocenters. The molecule has 0 aromatic heterocycles. The standard InChI is InChI=1S/C17H24N2O4/c1-3-18-15(20)16(21)19-12-17(8-10-23-11-9-17)13-6-4-5-7-14(13)22-2/h4-7H,3,8-12H2,1-2H3,(H,18,20)(H,19,21). The number of hydrogen-bond donors (Lipinski definition) is 2. The van der Waals surface area contributed by atoms with Gasteiger partial charge in [-0.1, -0.05) is 18.2 Å². The van der Waals surface area contributed by atoms with Crippen LogP contribution in [0.15, 0.2) is 24.3 Å². The van der Waals surface area contributed by atoms with Gasteiger partial charge in [-0.3, -0.25) is 9.59 Å². The van der Waals surface area contributed by atoms with Crippen molar-refractivity contribution >= 4 is 11.8 Å². The molecule has 6 nitrogen and oxygen atoms in total. The zero-order valence-electron chi connectivity index (χ0n) is 13.7. The van der Waals surface area contributed by atoms with Crippen LogP contribution in [0.25, 0.3) is 0 Å². The monoisotopic (exact) mass is 320 g/mol. The van der Waals surface area contributed by atoms with Crippen LogP contribution in [0.3, 0.4) is 0 Å². The van der Waals surface area contributed by atoms with E-state index in [1.54, 1.807) is 14.0 Å². The molecule has 0 atom stereocenters. The summed E-state index contributed by atoms with van der Waals surface area (Å²) in [6.07, 6.45) is 1.53. The second-order valence-electron chi connectivity index (χ2n) is 5.64. The molecule has 1 heterocycles. The van der Waals surface area contributed by atoms with Gasteiger partial charge in [0.1, 0.15) is 5.75 Å². The maximum absolute atomic E-state index is 11.9. The lowest BCUT2D eigenvalue weighted by Gasteiger charge is -2.38. The van der Waals surface area contributed by atoms with Gasteiger partial charge >= 0.3 is 11.8 Å². The molecule has 0 bridgehead atoms. The van der Waals surface area contributed by atoms with Crippen molar-refractivity contribution in [3.63, 3.8) is 0 Å². The lowest BCUT2D eigenvalue weighted by Crippen LogP contribution is -2.48. The van der Waals surface area contributed by atoms with Crippen LogP contribution in [-0.4, -0.2) is 45.2 Å². The topological polar surface area (TPSA) is 76.7 Å². The Morgan fingerprint density at radius 2 is 1.83 bits per heavy atom. The van der Waals surface area contributed by atoms with Crippen molar-refractivity contribution in [2.45, 2.75) is 25.2 Å². The Balaban J connectivity index is 2.19. The minimum absolute atomic E-state index is 0.285. The van der Waals surface area contributed by atoms with Crippen LogP contribution < -0.4 is 15.4 Å². The van der Waals surface area contributed by atoms with Crippen molar-refractivity contribution in [3.8, 4) is 5.75 Å². The summed E-state index contributed by atoms with van der Waals surface area (Å²) in [4.78, 5) is 23.5. The number of para-hydroxylation sites is 1. The molecular weight excluding hydrogens is 296 g/mol. The number of rotatable bonds is 5. The predicted octanol–water partition coefficient (Wildman–Crippen LogP) is 0.996. The summed E-state index contributed by atoms with van der Waals surface area (Å²) in [5, 5.41) is 5.27. The third kappa shape index (κ3) is 4.01. The Bertz CT molecular complexity index is 553. The highest BCUT2D eigenvalue weighted by Crippen LogP contribution is 2.39. The minimum Gasteiger partial charge on any atom is -0.496 e. The summed E-state index contributed by atoms with van der Waals surface area (Å²) >= 11 is 0. The van der Waals surface area contributed by atoms with Gasteiger partial charge in [0, 0.05) is 37.3 Å². The van der Waals surface area contributed by atoms with Crippen LogP contribution in [0.4, 0.5) is 0 Å². The van der Waals surface area contributed by atoms with Crippen LogP contribution in [0.5, 0.6) is 5.75 Å². The normalized spacial score (nSPS) is 16.4. The molecule has 6 heteroatoms. The fourth-order valence-corrected chi connectivity index (χ4v) is 2.96. The SMILES string of the molecule is CCNC(=O)C(=O)NCC1(c2ccccc2OC)CCOCC1. The summed E-state index contributed by atoms with van der Waals surface area (Å²) in [7, 11) is 1.64.